The molecule has 0 saturated carbocycles. The SMILES string of the molecule is CC.Cc1ccccc1C(=O)OC(c1ccc(O)cc1)C(C)C. The van der Waals surface area contributed by atoms with E-state index in [1.807, 2.05) is 52.8 Å². The van der Waals surface area contributed by atoms with Crippen molar-refractivity contribution in [3.63, 3.8) is 0 Å². The summed E-state index contributed by atoms with van der Waals surface area (Å²) in [5, 5.41) is 9.37. The van der Waals surface area contributed by atoms with Crippen molar-refractivity contribution >= 4 is 5.97 Å². The Labute approximate surface area is 138 Å². The third-order valence-electron chi connectivity index (χ3n) is 3.43. The lowest BCUT2D eigenvalue weighted by Gasteiger charge is -2.22. The van der Waals surface area contributed by atoms with Gasteiger partial charge in [0.25, 0.3) is 0 Å². The molecule has 2 aromatic carbocycles. The van der Waals surface area contributed by atoms with Crippen molar-refractivity contribution in [3.05, 3.63) is 65.2 Å². The number of phenolic OH excluding ortho intramolecular Hbond substituents is 1. The Bertz CT molecular complexity index is 615. The van der Waals surface area contributed by atoms with E-state index in [-0.39, 0.29) is 23.7 Å². The van der Waals surface area contributed by atoms with E-state index >= 15 is 0 Å². The molecule has 0 saturated heterocycles. The van der Waals surface area contributed by atoms with Crippen LogP contribution in [-0.2, 0) is 4.74 Å². The van der Waals surface area contributed by atoms with Gasteiger partial charge >= 0.3 is 5.97 Å². The topological polar surface area (TPSA) is 46.5 Å². The number of carbonyl (C=O) groups is 1. The smallest absolute Gasteiger partial charge is 0.339 e. The molecule has 2 rings (SSSR count). The highest BCUT2D eigenvalue weighted by molar-refractivity contribution is 5.91. The summed E-state index contributed by atoms with van der Waals surface area (Å²) in [4.78, 5) is 12.3. The van der Waals surface area contributed by atoms with Crippen LogP contribution in [-0.4, -0.2) is 11.1 Å². The zero-order valence-electron chi connectivity index (χ0n) is 14.5. The van der Waals surface area contributed by atoms with Gasteiger partial charge in [-0.3, -0.25) is 0 Å². The van der Waals surface area contributed by atoms with Crippen LogP contribution in [0, 0.1) is 12.8 Å². The summed E-state index contributed by atoms with van der Waals surface area (Å²) in [6.45, 7) is 9.90. The van der Waals surface area contributed by atoms with Gasteiger partial charge in [0.1, 0.15) is 11.9 Å². The number of esters is 1. The molecular formula is C20H26O3. The lowest BCUT2D eigenvalue weighted by atomic mass is 9.98. The van der Waals surface area contributed by atoms with Crippen molar-refractivity contribution in [1.82, 2.24) is 0 Å². The van der Waals surface area contributed by atoms with Crippen molar-refractivity contribution in [2.45, 2.75) is 40.7 Å². The molecule has 1 atom stereocenters. The lowest BCUT2D eigenvalue weighted by molar-refractivity contribution is 0.0175. The van der Waals surface area contributed by atoms with E-state index in [2.05, 4.69) is 0 Å². The van der Waals surface area contributed by atoms with Gasteiger partial charge in [-0.1, -0.05) is 58.0 Å². The molecule has 0 aliphatic carbocycles. The molecule has 0 heterocycles. The first kappa shape index (κ1) is 18.8. The number of aromatic hydroxyl groups is 1. The third-order valence-corrected chi connectivity index (χ3v) is 3.43. The maximum atomic E-state index is 12.3. The molecule has 2 aromatic rings. The second-order valence-electron chi connectivity index (χ2n) is 5.48. The van der Waals surface area contributed by atoms with Crippen LogP contribution >= 0.6 is 0 Å². The van der Waals surface area contributed by atoms with Crippen molar-refractivity contribution < 1.29 is 14.6 Å². The number of aryl methyl sites for hydroxylation is 1. The predicted octanol–water partition coefficient (Wildman–Crippen LogP) is 5.28. The van der Waals surface area contributed by atoms with E-state index in [0.29, 0.717) is 5.56 Å². The van der Waals surface area contributed by atoms with E-state index in [1.165, 1.54) is 0 Å². The van der Waals surface area contributed by atoms with Crippen molar-refractivity contribution in [1.29, 1.82) is 0 Å². The lowest BCUT2D eigenvalue weighted by Crippen LogP contribution is -2.17. The highest BCUT2D eigenvalue weighted by atomic mass is 16.5. The molecule has 3 nitrogen and oxygen atoms in total. The number of hydrogen-bond donors (Lipinski definition) is 1. The quantitative estimate of drug-likeness (QED) is 0.781. The average Bonchev–Trinajstić information content (AvgIpc) is 2.55. The number of ether oxygens (including phenoxy) is 1. The molecule has 0 bridgehead atoms. The zero-order chi connectivity index (χ0) is 17.4. The molecule has 1 N–H and O–H groups in total. The minimum atomic E-state index is -0.335. The second kappa shape index (κ2) is 8.99. The van der Waals surface area contributed by atoms with Gasteiger partial charge in [0.05, 0.1) is 5.56 Å². The average molecular weight is 314 g/mol. The fourth-order valence-electron chi connectivity index (χ4n) is 2.23. The molecule has 0 radical (unpaired) electrons. The molecule has 124 valence electrons. The van der Waals surface area contributed by atoms with Crippen molar-refractivity contribution in [2.75, 3.05) is 0 Å². The number of carbonyl (C=O) groups excluding carboxylic acids is 1. The van der Waals surface area contributed by atoms with Gasteiger partial charge in [0.15, 0.2) is 0 Å². The molecule has 0 amide bonds. The molecule has 0 aliphatic rings. The standard InChI is InChI=1S/C18H20O3.C2H6/c1-12(2)17(14-8-10-15(19)11-9-14)21-18(20)16-7-5-4-6-13(16)3;1-2/h4-12,17,19H,1-3H3;1-2H3. The zero-order valence-corrected chi connectivity index (χ0v) is 14.5. The van der Waals surface area contributed by atoms with E-state index in [9.17, 15) is 9.90 Å². The van der Waals surface area contributed by atoms with Crippen LogP contribution in [0.2, 0.25) is 0 Å². The van der Waals surface area contributed by atoms with Crippen LogP contribution in [0.1, 0.15) is 55.3 Å². The maximum Gasteiger partial charge on any atom is 0.339 e. The highest BCUT2D eigenvalue weighted by Crippen LogP contribution is 2.28. The third kappa shape index (κ3) is 5.13. The predicted molar refractivity (Wildman–Crippen MR) is 93.6 cm³/mol. The molecule has 0 fully saturated rings. The fourth-order valence-corrected chi connectivity index (χ4v) is 2.23. The molecule has 0 aromatic heterocycles. The van der Waals surface area contributed by atoms with Gasteiger partial charge < -0.3 is 9.84 Å². The van der Waals surface area contributed by atoms with Gasteiger partial charge in [-0.2, -0.15) is 0 Å². The van der Waals surface area contributed by atoms with Crippen LogP contribution in [0.3, 0.4) is 0 Å². The Balaban J connectivity index is 0.00000127. The number of benzene rings is 2. The van der Waals surface area contributed by atoms with Crippen LogP contribution in [0.25, 0.3) is 0 Å². The van der Waals surface area contributed by atoms with Gasteiger partial charge in [0, 0.05) is 0 Å². The Hall–Kier alpha value is -2.29. The van der Waals surface area contributed by atoms with Gasteiger partial charge in [-0.25, -0.2) is 4.79 Å². The molecule has 1 unspecified atom stereocenters. The number of phenols is 1. The number of rotatable bonds is 4. The normalized spacial score (nSPS) is 11.4. The van der Waals surface area contributed by atoms with Crippen LogP contribution in [0.15, 0.2) is 48.5 Å². The van der Waals surface area contributed by atoms with E-state index in [4.69, 9.17) is 4.74 Å². The largest absolute Gasteiger partial charge is 0.508 e. The Morgan fingerprint density at radius 1 is 1.00 bits per heavy atom. The molecule has 23 heavy (non-hydrogen) atoms. The van der Waals surface area contributed by atoms with Gasteiger partial charge in [-0.05, 0) is 42.2 Å². The molecule has 0 spiro atoms. The molecular weight excluding hydrogens is 288 g/mol. The summed E-state index contributed by atoms with van der Waals surface area (Å²) >= 11 is 0. The first-order valence-corrected chi connectivity index (χ1v) is 8.04. The minimum Gasteiger partial charge on any atom is -0.508 e. The summed E-state index contributed by atoms with van der Waals surface area (Å²) in [5.74, 6) is 0.0221. The van der Waals surface area contributed by atoms with Crippen molar-refractivity contribution in [3.8, 4) is 5.75 Å². The number of hydrogen-bond acceptors (Lipinski definition) is 3. The second-order valence-corrected chi connectivity index (χ2v) is 5.48. The molecule has 0 aliphatic heterocycles. The first-order valence-electron chi connectivity index (χ1n) is 8.04. The summed E-state index contributed by atoms with van der Waals surface area (Å²) in [6.07, 6.45) is -0.335. The van der Waals surface area contributed by atoms with Crippen LogP contribution in [0.5, 0.6) is 5.75 Å². The summed E-state index contributed by atoms with van der Waals surface area (Å²) in [5.41, 5.74) is 2.36. The maximum absolute atomic E-state index is 12.3. The van der Waals surface area contributed by atoms with Gasteiger partial charge in [-0.15, -0.1) is 0 Å². The highest BCUT2D eigenvalue weighted by Gasteiger charge is 2.22. The Morgan fingerprint density at radius 3 is 2.09 bits per heavy atom. The van der Waals surface area contributed by atoms with Crippen LogP contribution in [0.4, 0.5) is 0 Å². The van der Waals surface area contributed by atoms with Gasteiger partial charge in [0.2, 0.25) is 0 Å². The van der Waals surface area contributed by atoms with Crippen molar-refractivity contribution in [2.24, 2.45) is 5.92 Å². The fraction of sp³-hybridized carbons (Fsp3) is 0.350. The van der Waals surface area contributed by atoms with E-state index in [0.717, 1.165) is 11.1 Å². The van der Waals surface area contributed by atoms with E-state index < -0.39 is 0 Å². The first-order chi connectivity index (χ1) is 11.0. The summed E-state index contributed by atoms with van der Waals surface area (Å²) in [6, 6.07) is 14.2. The Kier molecular flexibility index (Phi) is 7.33. The molecule has 3 heteroatoms. The Morgan fingerprint density at radius 2 is 1.57 bits per heavy atom. The summed E-state index contributed by atoms with van der Waals surface area (Å²) in [7, 11) is 0. The monoisotopic (exact) mass is 314 g/mol. The summed E-state index contributed by atoms with van der Waals surface area (Å²) < 4.78 is 5.68. The van der Waals surface area contributed by atoms with E-state index in [1.54, 1.807) is 30.3 Å². The minimum absolute atomic E-state index is 0.141. The van der Waals surface area contributed by atoms with Crippen LogP contribution < -0.4 is 0 Å².